The molecule has 0 unspecified atom stereocenters. The number of nitrogens with zero attached hydrogens (tertiary/aromatic N) is 2. The van der Waals surface area contributed by atoms with E-state index in [0.717, 1.165) is 11.0 Å². The number of halogens is 1. The SMILES string of the molecule is COc1cccc(C(=O)Nc2cn[nH]c2-c2nc3ccccc3[nH]2)c1F. The molecule has 0 spiro atoms. The summed E-state index contributed by atoms with van der Waals surface area (Å²) >= 11 is 0. The summed E-state index contributed by atoms with van der Waals surface area (Å²) in [5, 5.41) is 9.41. The van der Waals surface area contributed by atoms with Crippen molar-refractivity contribution < 1.29 is 13.9 Å². The summed E-state index contributed by atoms with van der Waals surface area (Å²) in [7, 11) is 1.34. The summed E-state index contributed by atoms with van der Waals surface area (Å²) in [5.74, 6) is -0.811. The fraction of sp³-hybridized carbons (Fsp3) is 0.0556. The zero-order valence-electron chi connectivity index (χ0n) is 13.7. The molecule has 4 rings (SSSR count). The van der Waals surface area contributed by atoms with Crippen molar-refractivity contribution in [3.05, 3.63) is 60.0 Å². The molecular formula is C18H14FN5O2. The summed E-state index contributed by atoms with van der Waals surface area (Å²) in [5.41, 5.74) is 2.40. The lowest BCUT2D eigenvalue weighted by Gasteiger charge is -2.08. The minimum atomic E-state index is -0.721. The molecule has 0 aliphatic carbocycles. The molecule has 0 bridgehead atoms. The van der Waals surface area contributed by atoms with Crippen LogP contribution >= 0.6 is 0 Å². The zero-order chi connectivity index (χ0) is 18.1. The zero-order valence-corrected chi connectivity index (χ0v) is 13.7. The number of H-pyrrole nitrogens is 2. The van der Waals surface area contributed by atoms with E-state index in [0.29, 0.717) is 17.2 Å². The molecule has 0 radical (unpaired) electrons. The van der Waals surface area contributed by atoms with Gasteiger partial charge in [-0.2, -0.15) is 5.10 Å². The van der Waals surface area contributed by atoms with Crippen molar-refractivity contribution in [3.8, 4) is 17.3 Å². The molecule has 0 fully saturated rings. The van der Waals surface area contributed by atoms with Gasteiger partial charge in [-0.15, -0.1) is 0 Å². The van der Waals surface area contributed by atoms with Gasteiger partial charge < -0.3 is 15.0 Å². The Balaban J connectivity index is 1.66. The van der Waals surface area contributed by atoms with Crippen LogP contribution in [0.5, 0.6) is 5.75 Å². The maximum Gasteiger partial charge on any atom is 0.258 e. The van der Waals surface area contributed by atoms with E-state index >= 15 is 0 Å². The third-order valence-electron chi connectivity index (χ3n) is 3.94. The van der Waals surface area contributed by atoms with Gasteiger partial charge in [0.25, 0.3) is 5.91 Å². The van der Waals surface area contributed by atoms with Gasteiger partial charge in [-0.1, -0.05) is 18.2 Å². The molecule has 0 atom stereocenters. The van der Waals surface area contributed by atoms with Crippen LogP contribution in [0.3, 0.4) is 0 Å². The normalized spacial score (nSPS) is 10.8. The summed E-state index contributed by atoms with van der Waals surface area (Å²) < 4.78 is 19.2. The highest BCUT2D eigenvalue weighted by atomic mass is 19.1. The van der Waals surface area contributed by atoms with E-state index in [9.17, 15) is 9.18 Å². The number of para-hydroxylation sites is 2. The Kier molecular flexibility index (Phi) is 3.85. The largest absolute Gasteiger partial charge is 0.494 e. The van der Waals surface area contributed by atoms with Crippen LogP contribution in [0.1, 0.15) is 10.4 Å². The Labute approximate surface area is 147 Å². The molecule has 2 heterocycles. The number of ether oxygens (including phenoxy) is 1. The molecule has 4 aromatic rings. The molecule has 7 nitrogen and oxygen atoms in total. The molecule has 130 valence electrons. The number of anilines is 1. The lowest BCUT2D eigenvalue weighted by molar-refractivity contribution is 0.102. The number of rotatable bonds is 4. The number of aromatic amines is 2. The average molecular weight is 351 g/mol. The van der Waals surface area contributed by atoms with Crippen LogP contribution in [0.2, 0.25) is 0 Å². The van der Waals surface area contributed by atoms with Gasteiger partial charge in [0.15, 0.2) is 17.4 Å². The molecule has 1 amide bonds. The topological polar surface area (TPSA) is 95.7 Å². The van der Waals surface area contributed by atoms with Gasteiger partial charge in [-0.25, -0.2) is 9.37 Å². The van der Waals surface area contributed by atoms with E-state index in [-0.39, 0.29) is 11.3 Å². The highest BCUT2D eigenvalue weighted by Gasteiger charge is 2.19. The van der Waals surface area contributed by atoms with Crippen LogP contribution in [-0.2, 0) is 0 Å². The third kappa shape index (κ3) is 2.67. The number of nitrogens with one attached hydrogen (secondary N) is 3. The monoisotopic (exact) mass is 351 g/mol. The Hall–Kier alpha value is -3.68. The first kappa shape index (κ1) is 15.8. The number of fused-ring (bicyclic) bond motifs is 1. The van der Waals surface area contributed by atoms with E-state index in [1.54, 1.807) is 6.07 Å². The number of aromatic nitrogens is 4. The summed E-state index contributed by atoms with van der Waals surface area (Å²) in [6, 6.07) is 11.9. The highest BCUT2D eigenvalue weighted by Crippen LogP contribution is 2.27. The van der Waals surface area contributed by atoms with Crippen LogP contribution in [0, 0.1) is 5.82 Å². The molecule has 0 aliphatic rings. The first-order chi connectivity index (χ1) is 12.7. The van der Waals surface area contributed by atoms with Crippen molar-refractivity contribution in [3.63, 3.8) is 0 Å². The Morgan fingerprint density at radius 2 is 2.04 bits per heavy atom. The van der Waals surface area contributed by atoms with Crippen LogP contribution in [0.15, 0.2) is 48.7 Å². The number of benzene rings is 2. The smallest absolute Gasteiger partial charge is 0.258 e. The number of carbonyl (C=O) groups is 1. The lowest BCUT2D eigenvalue weighted by Crippen LogP contribution is -2.14. The van der Waals surface area contributed by atoms with Crippen LogP contribution in [0.25, 0.3) is 22.6 Å². The quantitative estimate of drug-likeness (QED) is 0.525. The predicted octanol–water partition coefficient (Wildman–Crippen LogP) is 3.35. The second-order valence-corrected chi connectivity index (χ2v) is 5.54. The highest BCUT2D eigenvalue weighted by molar-refractivity contribution is 6.06. The molecule has 2 aromatic carbocycles. The van der Waals surface area contributed by atoms with Crippen molar-refractivity contribution in [1.29, 1.82) is 0 Å². The number of amides is 1. The molecule has 3 N–H and O–H groups in total. The van der Waals surface area contributed by atoms with Crippen molar-refractivity contribution >= 4 is 22.6 Å². The maximum absolute atomic E-state index is 14.3. The minimum absolute atomic E-state index is 0.00218. The maximum atomic E-state index is 14.3. The molecule has 8 heteroatoms. The second kappa shape index (κ2) is 6.32. The number of hydrogen-bond donors (Lipinski definition) is 3. The van der Waals surface area contributed by atoms with Crippen LogP contribution in [0.4, 0.5) is 10.1 Å². The summed E-state index contributed by atoms with van der Waals surface area (Å²) in [6.07, 6.45) is 1.44. The van der Waals surface area contributed by atoms with Crippen molar-refractivity contribution in [2.75, 3.05) is 12.4 Å². The first-order valence-electron chi connectivity index (χ1n) is 7.79. The number of imidazole rings is 1. The Bertz CT molecular complexity index is 1070. The molecule has 0 saturated heterocycles. The molecule has 0 saturated carbocycles. The fourth-order valence-corrected chi connectivity index (χ4v) is 2.67. The summed E-state index contributed by atoms with van der Waals surface area (Å²) in [6.45, 7) is 0. The van der Waals surface area contributed by atoms with Gasteiger partial charge in [-0.3, -0.25) is 9.89 Å². The van der Waals surface area contributed by atoms with Crippen molar-refractivity contribution in [2.24, 2.45) is 0 Å². The standard InChI is InChI=1S/C18H14FN5O2/c1-26-14-8-4-5-10(15(14)19)18(25)23-13-9-20-24-16(13)17-21-11-6-2-3-7-12(11)22-17/h2-9H,1H3,(H,20,24)(H,21,22)(H,23,25). The molecule has 0 aliphatic heterocycles. The molecule has 26 heavy (non-hydrogen) atoms. The van der Waals surface area contributed by atoms with Gasteiger partial charge in [0, 0.05) is 0 Å². The van der Waals surface area contributed by atoms with E-state index in [1.165, 1.54) is 25.4 Å². The van der Waals surface area contributed by atoms with Gasteiger partial charge in [0.05, 0.1) is 35.6 Å². The Morgan fingerprint density at radius 1 is 1.19 bits per heavy atom. The van der Waals surface area contributed by atoms with Gasteiger partial charge in [0.2, 0.25) is 0 Å². The molecular weight excluding hydrogens is 337 g/mol. The van der Waals surface area contributed by atoms with Crippen LogP contribution < -0.4 is 10.1 Å². The van der Waals surface area contributed by atoms with Crippen LogP contribution in [-0.4, -0.2) is 33.2 Å². The minimum Gasteiger partial charge on any atom is -0.494 e. The Morgan fingerprint density at radius 3 is 2.85 bits per heavy atom. The van der Waals surface area contributed by atoms with E-state index in [4.69, 9.17) is 4.74 Å². The molecule has 2 aromatic heterocycles. The van der Waals surface area contributed by atoms with Crippen molar-refractivity contribution in [1.82, 2.24) is 20.2 Å². The number of carbonyl (C=O) groups excluding carboxylic acids is 1. The second-order valence-electron chi connectivity index (χ2n) is 5.54. The van der Waals surface area contributed by atoms with Gasteiger partial charge >= 0.3 is 0 Å². The van der Waals surface area contributed by atoms with E-state index in [2.05, 4.69) is 25.5 Å². The average Bonchev–Trinajstić information content (AvgIpc) is 3.27. The first-order valence-corrected chi connectivity index (χ1v) is 7.79. The number of methoxy groups -OCH3 is 1. The number of hydrogen-bond acceptors (Lipinski definition) is 4. The van der Waals surface area contributed by atoms with Gasteiger partial charge in [0.1, 0.15) is 5.69 Å². The third-order valence-corrected chi connectivity index (χ3v) is 3.94. The van der Waals surface area contributed by atoms with Crippen molar-refractivity contribution in [2.45, 2.75) is 0 Å². The summed E-state index contributed by atoms with van der Waals surface area (Å²) in [4.78, 5) is 20.1. The lowest BCUT2D eigenvalue weighted by atomic mass is 10.2. The van der Waals surface area contributed by atoms with E-state index < -0.39 is 11.7 Å². The van der Waals surface area contributed by atoms with E-state index in [1.807, 2.05) is 24.3 Å². The predicted molar refractivity (Wildman–Crippen MR) is 94.6 cm³/mol. The fourth-order valence-electron chi connectivity index (χ4n) is 2.67. The van der Waals surface area contributed by atoms with Gasteiger partial charge in [-0.05, 0) is 24.3 Å².